The molecule has 1 N–H and O–H groups in total. The van der Waals surface area contributed by atoms with Gasteiger partial charge in [0.1, 0.15) is 0 Å². The zero-order valence-corrected chi connectivity index (χ0v) is 11.9. The number of rotatable bonds is 7. The molecule has 0 spiro atoms. The predicted molar refractivity (Wildman–Crippen MR) is 78.3 cm³/mol. The molecule has 19 heavy (non-hydrogen) atoms. The van der Waals surface area contributed by atoms with Gasteiger partial charge in [0.15, 0.2) is 0 Å². The van der Waals surface area contributed by atoms with Crippen LogP contribution in [-0.2, 0) is 11.2 Å². The van der Waals surface area contributed by atoms with E-state index in [1.165, 1.54) is 36.8 Å². The lowest BCUT2D eigenvalue weighted by Crippen LogP contribution is -2.31. The zero-order chi connectivity index (χ0) is 13.1. The average Bonchev–Trinajstić information content (AvgIpc) is 3.18. The van der Waals surface area contributed by atoms with Crippen LogP contribution in [0.4, 0.5) is 0 Å². The summed E-state index contributed by atoms with van der Waals surface area (Å²) < 4.78 is 6.18. The van der Waals surface area contributed by atoms with E-state index in [0.29, 0.717) is 12.1 Å². The van der Waals surface area contributed by atoms with E-state index in [2.05, 4.69) is 36.5 Å². The number of hydrogen-bond acceptors (Lipinski definition) is 2. The van der Waals surface area contributed by atoms with Crippen molar-refractivity contribution in [3.8, 4) is 0 Å². The van der Waals surface area contributed by atoms with E-state index in [1.807, 2.05) is 0 Å². The Labute approximate surface area is 116 Å². The van der Waals surface area contributed by atoms with Crippen molar-refractivity contribution in [1.29, 1.82) is 0 Å². The highest BCUT2D eigenvalue weighted by atomic mass is 16.5. The summed E-state index contributed by atoms with van der Waals surface area (Å²) >= 11 is 0. The Hall–Kier alpha value is -0.860. The molecule has 0 aromatic heterocycles. The Morgan fingerprint density at radius 3 is 2.89 bits per heavy atom. The minimum absolute atomic E-state index is 0.336. The molecule has 0 bridgehead atoms. The molecule has 0 radical (unpaired) electrons. The first-order chi connectivity index (χ1) is 9.38. The third kappa shape index (κ3) is 3.18. The summed E-state index contributed by atoms with van der Waals surface area (Å²) in [4.78, 5) is 0. The highest BCUT2D eigenvalue weighted by molar-refractivity contribution is 5.36. The van der Waals surface area contributed by atoms with E-state index in [1.54, 1.807) is 0 Å². The number of ether oxygens (including phenoxy) is 1. The van der Waals surface area contributed by atoms with E-state index < -0.39 is 0 Å². The lowest BCUT2D eigenvalue weighted by atomic mass is 10.1. The number of nitrogens with one attached hydrogen (secondary N) is 1. The monoisotopic (exact) mass is 259 g/mol. The Bertz CT molecular complexity index is 413. The highest BCUT2D eigenvalue weighted by Gasteiger charge is 2.32. The Morgan fingerprint density at radius 2 is 2.11 bits per heavy atom. The van der Waals surface area contributed by atoms with E-state index in [-0.39, 0.29) is 0 Å². The topological polar surface area (TPSA) is 21.3 Å². The molecule has 0 amide bonds. The minimum atomic E-state index is 0.336. The molecule has 2 atom stereocenters. The van der Waals surface area contributed by atoms with Gasteiger partial charge in [0.05, 0.1) is 12.1 Å². The van der Waals surface area contributed by atoms with Crippen LogP contribution >= 0.6 is 0 Å². The lowest BCUT2D eigenvalue weighted by Gasteiger charge is -2.22. The molecule has 0 saturated heterocycles. The fourth-order valence-electron chi connectivity index (χ4n) is 3.05. The second kappa shape index (κ2) is 6.06. The van der Waals surface area contributed by atoms with Gasteiger partial charge in [0.2, 0.25) is 0 Å². The van der Waals surface area contributed by atoms with Crippen molar-refractivity contribution in [2.45, 2.75) is 51.2 Å². The largest absolute Gasteiger partial charge is 0.376 e. The van der Waals surface area contributed by atoms with Gasteiger partial charge >= 0.3 is 0 Å². The second-order valence-electron chi connectivity index (χ2n) is 5.98. The summed E-state index contributed by atoms with van der Waals surface area (Å²) in [7, 11) is 0. The molecule has 2 heteroatoms. The fraction of sp³-hybridized carbons (Fsp3) is 0.647. The lowest BCUT2D eigenvalue weighted by molar-refractivity contribution is 0.0313. The molecule has 1 fully saturated rings. The van der Waals surface area contributed by atoms with Crippen molar-refractivity contribution >= 4 is 0 Å². The molecule has 0 heterocycles. The Kier molecular flexibility index (Phi) is 4.19. The van der Waals surface area contributed by atoms with Gasteiger partial charge in [-0.2, -0.15) is 0 Å². The van der Waals surface area contributed by atoms with E-state index in [4.69, 9.17) is 4.74 Å². The second-order valence-corrected chi connectivity index (χ2v) is 5.98. The molecule has 1 saturated carbocycles. The Morgan fingerprint density at radius 1 is 1.26 bits per heavy atom. The quantitative estimate of drug-likeness (QED) is 0.809. The third-order valence-corrected chi connectivity index (χ3v) is 4.35. The highest BCUT2D eigenvalue weighted by Crippen LogP contribution is 2.35. The van der Waals surface area contributed by atoms with Crippen LogP contribution in [0.2, 0.25) is 0 Å². The molecule has 1 aromatic carbocycles. The summed E-state index contributed by atoms with van der Waals surface area (Å²) in [5, 5.41) is 3.67. The van der Waals surface area contributed by atoms with E-state index in [9.17, 15) is 0 Å². The first-order valence-electron chi connectivity index (χ1n) is 7.81. The van der Waals surface area contributed by atoms with Crippen molar-refractivity contribution in [2.24, 2.45) is 5.92 Å². The van der Waals surface area contributed by atoms with Crippen LogP contribution in [0.25, 0.3) is 0 Å². The van der Waals surface area contributed by atoms with Crippen molar-refractivity contribution in [3.05, 3.63) is 35.4 Å². The van der Waals surface area contributed by atoms with Crippen LogP contribution in [0.15, 0.2) is 24.3 Å². The molecule has 2 unspecified atom stereocenters. The van der Waals surface area contributed by atoms with Crippen LogP contribution in [-0.4, -0.2) is 19.3 Å². The molecule has 0 aliphatic heterocycles. The fourth-order valence-corrected chi connectivity index (χ4v) is 3.05. The molecule has 2 aliphatic carbocycles. The number of fused-ring (bicyclic) bond motifs is 1. The van der Waals surface area contributed by atoms with Crippen molar-refractivity contribution in [1.82, 2.24) is 5.32 Å². The van der Waals surface area contributed by atoms with Crippen molar-refractivity contribution in [3.63, 3.8) is 0 Å². The van der Waals surface area contributed by atoms with Crippen LogP contribution in [0.1, 0.15) is 49.8 Å². The van der Waals surface area contributed by atoms with Gasteiger partial charge in [-0.25, -0.2) is 0 Å². The first kappa shape index (κ1) is 13.1. The van der Waals surface area contributed by atoms with Crippen LogP contribution in [0, 0.1) is 5.92 Å². The number of benzene rings is 1. The van der Waals surface area contributed by atoms with Crippen molar-refractivity contribution in [2.75, 3.05) is 13.2 Å². The van der Waals surface area contributed by atoms with Gasteiger partial charge in [0, 0.05) is 13.0 Å². The van der Waals surface area contributed by atoms with Crippen LogP contribution < -0.4 is 5.32 Å². The minimum Gasteiger partial charge on any atom is -0.376 e. The summed E-state index contributed by atoms with van der Waals surface area (Å²) in [5.74, 6) is 0.964. The summed E-state index contributed by atoms with van der Waals surface area (Å²) in [6.45, 7) is 4.23. The van der Waals surface area contributed by atoms with E-state index in [0.717, 1.165) is 25.5 Å². The summed E-state index contributed by atoms with van der Waals surface area (Å²) in [6.07, 6.45) is 6.68. The normalized spacial score (nSPS) is 25.5. The first-order valence-corrected chi connectivity index (χ1v) is 7.81. The van der Waals surface area contributed by atoms with Gasteiger partial charge in [-0.3, -0.25) is 0 Å². The summed E-state index contributed by atoms with van der Waals surface area (Å²) in [6, 6.07) is 9.19. The average molecular weight is 259 g/mol. The number of hydrogen-bond donors (Lipinski definition) is 1. The zero-order valence-electron chi connectivity index (χ0n) is 11.9. The Balaban J connectivity index is 1.61. The smallest absolute Gasteiger partial charge is 0.0810 e. The molecule has 1 aromatic rings. The molecule has 2 aliphatic rings. The maximum Gasteiger partial charge on any atom is 0.0810 e. The molecular formula is C17H25NO. The maximum absolute atomic E-state index is 6.18. The van der Waals surface area contributed by atoms with Gasteiger partial charge < -0.3 is 10.1 Å². The van der Waals surface area contributed by atoms with Crippen LogP contribution in [0.5, 0.6) is 0 Å². The van der Waals surface area contributed by atoms with Crippen LogP contribution in [0.3, 0.4) is 0 Å². The van der Waals surface area contributed by atoms with Gasteiger partial charge in [-0.1, -0.05) is 44.0 Å². The van der Waals surface area contributed by atoms with Crippen molar-refractivity contribution < 1.29 is 4.74 Å². The molecule has 104 valence electrons. The third-order valence-electron chi connectivity index (χ3n) is 4.35. The van der Waals surface area contributed by atoms with Gasteiger partial charge in [-0.15, -0.1) is 0 Å². The SMILES string of the molecule is CCCNC1c2ccccc2CC1OCCC1CC1. The standard InChI is InChI=1S/C17H25NO/c1-2-10-18-17-15-6-4-3-5-14(15)12-16(17)19-11-9-13-7-8-13/h3-6,13,16-18H,2,7-12H2,1H3. The predicted octanol–water partition coefficient (Wildman–Crippen LogP) is 3.47. The maximum atomic E-state index is 6.18. The van der Waals surface area contributed by atoms with Gasteiger partial charge in [-0.05, 0) is 36.4 Å². The summed E-state index contributed by atoms with van der Waals surface area (Å²) in [5.41, 5.74) is 2.92. The van der Waals surface area contributed by atoms with E-state index >= 15 is 0 Å². The molecule has 2 nitrogen and oxygen atoms in total. The molecule has 3 rings (SSSR count). The van der Waals surface area contributed by atoms with Gasteiger partial charge in [0.25, 0.3) is 0 Å². The molecular weight excluding hydrogens is 234 g/mol.